The lowest BCUT2D eigenvalue weighted by Gasteiger charge is -2.20. The summed E-state index contributed by atoms with van der Waals surface area (Å²) in [6.07, 6.45) is 0. The first-order chi connectivity index (χ1) is 17.9. The summed E-state index contributed by atoms with van der Waals surface area (Å²) >= 11 is 0. The largest absolute Gasteiger partial charge is 0.497 e. The summed E-state index contributed by atoms with van der Waals surface area (Å²) in [7, 11) is -0.752. The molecule has 3 aromatic rings. The molecule has 2 unspecified atom stereocenters. The van der Waals surface area contributed by atoms with Crippen molar-refractivity contribution in [3.05, 3.63) is 77.9 Å². The number of carbonyl (C=O) groups is 1. The number of benzene rings is 3. The van der Waals surface area contributed by atoms with E-state index in [0.29, 0.717) is 23.0 Å². The van der Waals surface area contributed by atoms with Gasteiger partial charge in [-0.15, -0.1) is 0 Å². The van der Waals surface area contributed by atoms with Crippen molar-refractivity contribution in [3.8, 4) is 23.0 Å². The molecule has 1 saturated heterocycles. The van der Waals surface area contributed by atoms with Gasteiger partial charge in [0.15, 0.2) is 11.5 Å². The number of carbonyl (C=O) groups excluding carboxylic acids is 1. The number of para-hydroxylation sites is 1. The first-order valence-electron chi connectivity index (χ1n) is 11.8. The van der Waals surface area contributed by atoms with Crippen molar-refractivity contribution < 1.29 is 32.2 Å². The SMILES string of the molecule is COc1ccc(S(=O)(=O)N2CC(C(=O)NCc3ccc4c(c3)OCO4)C(c3ccccc3OC)C2)cc1. The van der Waals surface area contributed by atoms with Gasteiger partial charge >= 0.3 is 0 Å². The Morgan fingerprint density at radius 2 is 1.73 bits per heavy atom. The van der Waals surface area contributed by atoms with Crippen molar-refractivity contribution >= 4 is 15.9 Å². The molecule has 0 radical (unpaired) electrons. The lowest BCUT2D eigenvalue weighted by atomic mass is 9.87. The van der Waals surface area contributed by atoms with Gasteiger partial charge in [0.1, 0.15) is 11.5 Å². The van der Waals surface area contributed by atoms with Gasteiger partial charge in [-0.25, -0.2) is 8.42 Å². The standard InChI is InChI=1S/C27H28N2O7S/c1-33-19-8-10-20(11-9-19)37(31,32)29-15-22(21-5-3-4-6-24(21)34-2)23(16-29)27(30)28-14-18-7-12-25-26(13-18)36-17-35-25/h3-13,22-23H,14-17H2,1-2H3,(H,28,30). The fourth-order valence-corrected chi connectivity index (χ4v) is 6.28. The fraction of sp³-hybridized carbons (Fsp3) is 0.296. The second-order valence-electron chi connectivity index (χ2n) is 8.86. The number of ether oxygens (including phenoxy) is 4. The van der Waals surface area contributed by atoms with Gasteiger partial charge in [0.05, 0.1) is 25.0 Å². The molecule has 194 valence electrons. The van der Waals surface area contributed by atoms with E-state index in [2.05, 4.69) is 5.32 Å². The van der Waals surface area contributed by atoms with Crippen molar-refractivity contribution in [1.29, 1.82) is 0 Å². The van der Waals surface area contributed by atoms with Gasteiger partial charge in [-0.2, -0.15) is 4.31 Å². The molecule has 3 aromatic carbocycles. The number of nitrogens with one attached hydrogen (secondary N) is 1. The molecule has 1 fully saturated rings. The number of rotatable bonds is 8. The Morgan fingerprint density at radius 1 is 0.973 bits per heavy atom. The molecule has 0 aliphatic carbocycles. The third-order valence-electron chi connectivity index (χ3n) is 6.76. The van der Waals surface area contributed by atoms with E-state index >= 15 is 0 Å². The molecule has 1 N–H and O–H groups in total. The third-order valence-corrected chi connectivity index (χ3v) is 8.61. The molecule has 37 heavy (non-hydrogen) atoms. The van der Waals surface area contributed by atoms with Crippen LogP contribution in [0.25, 0.3) is 0 Å². The van der Waals surface area contributed by atoms with E-state index < -0.39 is 15.9 Å². The molecule has 2 aliphatic rings. The van der Waals surface area contributed by atoms with Crippen LogP contribution in [-0.4, -0.2) is 52.7 Å². The molecular formula is C27H28N2O7S. The van der Waals surface area contributed by atoms with Crippen LogP contribution in [-0.2, 0) is 21.4 Å². The molecule has 2 aliphatic heterocycles. The average Bonchev–Trinajstić information content (AvgIpc) is 3.59. The Bertz CT molecular complexity index is 1390. The zero-order chi connectivity index (χ0) is 26.0. The minimum atomic E-state index is -3.84. The van der Waals surface area contributed by atoms with Crippen molar-refractivity contribution in [2.75, 3.05) is 34.1 Å². The van der Waals surface area contributed by atoms with Crippen molar-refractivity contribution in [3.63, 3.8) is 0 Å². The number of sulfonamides is 1. The van der Waals surface area contributed by atoms with E-state index in [-0.39, 0.29) is 43.1 Å². The molecule has 1 amide bonds. The number of nitrogens with zero attached hydrogens (tertiary/aromatic N) is 1. The molecular weight excluding hydrogens is 496 g/mol. The lowest BCUT2D eigenvalue weighted by molar-refractivity contribution is -0.125. The highest BCUT2D eigenvalue weighted by atomic mass is 32.2. The summed E-state index contributed by atoms with van der Waals surface area (Å²) in [5, 5.41) is 2.98. The van der Waals surface area contributed by atoms with E-state index in [1.165, 1.54) is 23.5 Å². The van der Waals surface area contributed by atoms with Gasteiger partial charge in [0, 0.05) is 25.6 Å². The van der Waals surface area contributed by atoms with Gasteiger partial charge in [-0.1, -0.05) is 24.3 Å². The number of hydrogen-bond acceptors (Lipinski definition) is 7. The summed E-state index contributed by atoms with van der Waals surface area (Å²) in [4.78, 5) is 13.6. The zero-order valence-electron chi connectivity index (χ0n) is 20.5. The maximum atomic E-state index is 13.5. The van der Waals surface area contributed by atoms with Crippen LogP contribution in [0.2, 0.25) is 0 Å². The lowest BCUT2D eigenvalue weighted by Crippen LogP contribution is -2.35. The highest BCUT2D eigenvalue weighted by Crippen LogP contribution is 2.40. The molecule has 10 heteroatoms. The summed E-state index contributed by atoms with van der Waals surface area (Å²) in [6, 6.07) is 19.1. The van der Waals surface area contributed by atoms with Crippen LogP contribution in [0.15, 0.2) is 71.6 Å². The fourth-order valence-electron chi connectivity index (χ4n) is 4.79. The third kappa shape index (κ3) is 4.94. The van der Waals surface area contributed by atoms with Gasteiger partial charge in [0.25, 0.3) is 0 Å². The Balaban J connectivity index is 1.40. The molecule has 0 saturated carbocycles. The van der Waals surface area contributed by atoms with Gasteiger partial charge < -0.3 is 24.3 Å². The van der Waals surface area contributed by atoms with E-state index in [9.17, 15) is 13.2 Å². The monoisotopic (exact) mass is 524 g/mol. The summed E-state index contributed by atoms with van der Waals surface area (Å²) in [6.45, 7) is 0.642. The molecule has 0 spiro atoms. The van der Waals surface area contributed by atoms with Crippen LogP contribution in [0.5, 0.6) is 23.0 Å². The normalized spacial score (nSPS) is 19.0. The first-order valence-corrected chi connectivity index (χ1v) is 13.3. The summed E-state index contributed by atoms with van der Waals surface area (Å²) < 4.78 is 49.9. The van der Waals surface area contributed by atoms with E-state index in [0.717, 1.165) is 11.1 Å². The van der Waals surface area contributed by atoms with Crippen molar-refractivity contribution in [2.45, 2.75) is 17.4 Å². The number of methoxy groups -OCH3 is 2. The Hall–Kier alpha value is -3.76. The Labute approximate surface area is 216 Å². The van der Waals surface area contributed by atoms with Crippen LogP contribution < -0.4 is 24.3 Å². The maximum absolute atomic E-state index is 13.5. The quantitative estimate of drug-likeness (QED) is 0.483. The Morgan fingerprint density at radius 3 is 2.49 bits per heavy atom. The van der Waals surface area contributed by atoms with Gasteiger partial charge in [-0.05, 0) is 53.6 Å². The topological polar surface area (TPSA) is 103 Å². The highest BCUT2D eigenvalue weighted by molar-refractivity contribution is 7.89. The van der Waals surface area contributed by atoms with Crippen molar-refractivity contribution in [2.24, 2.45) is 5.92 Å². The van der Waals surface area contributed by atoms with Crippen LogP contribution in [0.4, 0.5) is 0 Å². The number of fused-ring (bicyclic) bond motifs is 1. The van der Waals surface area contributed by atoms with Crippen LogP contribution in [0, 0.1) is 5.92 Å². The number of hydrogen-bond donors (Lipinski definition) is 1. The summed E-state index contributed by atoms with van der Waals surface area (Å²) in [5.41, 5.74) is 1.65. The minimum absolute atomic E-state index is 0.0457. The van der Waals surface area contributed by atoms with Gasteiger partial charge in [-0.3, -0.25) is 4.79 Å². The Kier molecular flexibility index (Phi) is 6.94. The van der Waals surface area contributed by atoms with E-state index in [1.807, 2.05) is 36.4 Å². The molecule has 0 bridgehead atoms. The van der Waals surface area contributed by atoms with Crippen molar-refractivity contribution in [1.82, 2.24) is 9.62 Å². The molecule has 2 atom stereocenters. The van der Waals surface area contributed by atoms with Crippen LogP contribution in [0.3, 0.4) is 0 Å². The van der Waals surface area contributed by atoms with E-state index in [1.54, 1.807) is 25.3 Å². The predicted octanol–water partition coefficient (Wildman–Crippen LogP) is 3.15. The maximum Gasteiger partial charge on any atom is 0.243 e. The molecule has 9 nitrogen and oxygen atoms in total. The second kappa shape index (κ2) is 10.3. The average molecular weight is 525 g/mol. The second-order valence-corrected chi connectivity index (χ2v) is 10.8. The smallest absolute Gasteiger partial charge is 0.243 e. The van der Waals surface area contributed by atoms with Gasteiger partial charge in [0.2, 0.25) is 22.7 Å². The summed E-state index contributed by atoms with van der Waals surface area (Å²) in [5.74, 6) is 1.25. The molecule has 2 heterocycles. The predicted molar refractivity (Wildman–Crippen MR) is 135 cm³/mol. The minimum Gasteiger partial charge on any atom is -0.497 e. The molecule has 0 aromatic heterocycles. The number of amides is 1. The van der Waals surface area contributed by atoms with E-state index in [4.69, 9.17) is 18.9 Å². The first kappa shape index (κ1) is 24.9. The molecule has 5 rings (SSSR count). The highest BCUT2D eigenvalue weighted by Gasteiger charge is 2.44. The van der Waals surface area contributed by atoms with Crippen LogP contribution >= 0.6 is 0 Å². The zero-order valence-corrected chi connectivity index (χ0v) is 21.4. The van der Waals surface area contributed by atoms with Crippen LogP contribution in [0.1, 0.15) is 17.0 Å².